The van der Waals surface area contributed by atoms with E-state index in [0.29, 0.717) is 0 Å². The SMILES string of the molecule is Cc1cccc(N(c2ccccc2)c2ccc(N(Cc3ccccc3)c3ccc(-c4ccc(N(Cc5ccccc5)c5ccc(N(c6ccccc6)c6cccc(C)c6)cc5)cc4)cc3)cc2)c1. The van der Waals surface area contributed by atoms with Crippen LogP contribution in [0.1, 0.15) is 22.3 Å². The fraction of sp³-hybridized carbons (Fsp3) is 0.0625. The van der Waals surface area contributed by atoms with E-state index in [1.807, 2.05) is 0 Å². The molecule has 10 aromatic rings. The lowest BCUT2D eigenvalue weighted by molar-refractivity contribution is 0.975. The standard InChI is InChI=1S/C64H54N4/c1-49-17-15-27-63(45-49)67(59-23-11-5-12-24-59)61-41-37-57(38-42-61)65(47-51-19-7-3-8-20-51)55-33-29-53(30-34-55)54-31-35-56(36-32-54)66(48-52-21-9-4-10-22-52)58-39-43-62(44-40-58)68(60-25-13-6-14-26-60)64-28-16-18-50(2)46-64/h3-46H,47-48H2,1-2H3. The predicted octanol–water partition coefficient (Wildman–Crippen LogP) is 17.6. The van der Waals surface area contributed by atoms with Crippen LogP contribution in [-0.2, 0) is 13.1 Å². The van der Waals surface area contributed by atoms with Gasteiger partial charge in [-0.2, -0.15) is 0 Å². The second kappa shape index (κ2) is 20.3. The first-order valence-corrected chi connectivity index (χ1v) is 23.4. The molecule has 0 unspecified atom stereocenters. The van der Waals surface area contributed by atoms with Crippen LogP contribution in [-0.4, -0.2) is 0 Å². The number of nitrogens with zero attached hydrogens (tertiary/aromatic N) is 4. The van der Waals surface area contributed by atoms with Crippen molar-refractivity contribution in [1.29, 1.82) is 0 Å². The van der Waals surface area contributed by atoms with E-state index in [9.17, 15) is 0 Å². The molecule has 0 saturated carbocycles. The largest absolute Gasteiger partial charge is 0.337 e. The maximum absolute atomic E-state index is 2.40. The van der Waals surface area contributed by atoms with Crippen molar-refractivity contribution in [2.45, 2.75) is 26.9 Å². The molecule has 68 heavy (non-hydrogen) atoms. The molecule has 0 aliphatic carbocycles. The van der Waals surface area contributed by atoms with Crippen LogP contribution in [0.4, 0.5) is 56.9 Å². The molecule has 0 aliphatic rings. The molecular formula is C64H54N4. The van der Waals surface area contributed by atoms with Gasteiger partial charge in [0.2, 0.25) is 0 Å². The summed E-state index contributed by atoms with van der Waals surface area (Å²) < 4.78 is 0. The van der Waals surface area contributed by atoms with Crippen LogP contribution in [0.25, 0.3) is 11.1 Å². The average molecular weight is 879 g/mol. The molecule has 0 atom stereocenters. The first kappa shape index (κ1) is 43.3. The van der Waals surface area contributed by atoms with Gasteiger partial charge in [-0.1, -0.05) is 146 Å². The lowest BCUT2D eigenvalue weighted by atomic mass is 10.0. The normalized spacial score (nSPS) is 10.9. The summed E-state index contributed by atoms with van der Waals surface area (Å²) in [5.74, 6) is 0. The summed E-state index contributed by atoms with van der Waals surface area (Å²) in [6.07, 6.45) is 0. The van der Waals surface area contributed by atoms with Gasteiger partial charge in [0.05, 0.1) is 0 Å². The number of rotatable bonds is 15. The molecule has 0 spiro atoms. The average Bonchev–Trinajstić information content (AvgIpc) is 3.39. The van der Waals surface area contributed by atoms with E-state index in [4.69, 9.17) is 0 Å². The van der Waals surface area contributed by atoms with Gasteiger partial charge in [-0.05, 0) is 169 Å². The van der Waals surface area contributed by atoms with E-state index < -0.39 is 0 Å². The molecule has 10 aromatic carbocycles. The number of anilines is 10. The molecule has 0 radical (unpaired) electrons. The van der Waals surface area contributed by atoms with Crippen molar-refractivity contribution in [1.82, 2.24) is 0 Å². The zero-order valence-corrected chi connectivity index (χ0v) is 38.6. The summed E-state index contributed by atoms with van der Waals surface area (Å²) in [6.45, 7) is 5.77. The Labute approximate surface area is 401 Å². The van der Waals surface area contributed by atoms with Crippen molar-refractivity contribution in [2.75, 3.05) is 19.6 Å². The third kappa shape index (κ3) is 9.96. The molecule has 0 N–H and O–H groups in total. The fourth-order valence-corrected chi connectivity index (χ4v) is 9.01. The molecule has 0 amide bonds. The summed E-state index contributed by atoms with van der Waals surface area (Å²) in [4.78, 5) is 9.45. The van der Waals surface area contributed by atoms with Crippen molar-refractivity contribution < 1.29 is 0 Å². The highest BCUT2D eigenvalue weighted by molar-refractivity contribution is 5.81. The quantitative estimate of drug-likeness (QED) is 0.102. The van der Waals surface area contributed by atoms with Gasteiger partial charge in [-0.25, -0.2) is 0 Å². The number of para-hydroxylation sites is 2. The number of aryl methyl sites for hydroxylation is 2. The maximum atomic E-state index is 2.40. The first-order chi connectivity index (χ1) is 33.5. The smallest absolute Gasteiger partial charge is 0.0481 e. The van der Waals surface area contributed by atoms with E-state index >= 15 is 0 Å². The van der Waals surface area contributed by atoms with Crippen LogP contribution < -0.4 is 19.6 Å². The molecule has 0 saturated heterocycles. The van der Waals surface area contributed by atoms with Crippen LogP contribution >= 0.6 is 0 Å². The van der Waals surface area contributed by atoms with Crippen LogP contribution in [0.5, 0.6) is 0 Å². The summed E-state index contributed by atoms with van der Waals surface area (Å²) >= 11 is 0. The van der Waals surface area contributed by atoms with Crippen LogP contribution in [0, 0.1) is 13.8 Å². The molecular weight excluding hydrogens is 825 g/mol. The molecule has 0 aliphatic heterocycles. The molecule has 0 heterocycles. The first-order valence-electron chi connectivity index (χ1n) is 23.4. The van der Waals surface area contributed by atoms with Gasteiger partial charge in [0.25, 0.3) is 0 Å². The molecule has 10 rings (SSSR count). The van der Waals surface area contributed by atoms with E-state index in [2.05, 4.69) is 300 Å². The van der Waals surface area contributed by atoms with Crippen molar-refractivity contribution in [2.24, 2.45) is 0 Å². The Morgan fingerprint density at radius 2 is 0.500 bits per heavy atom. The van der Waals surface area contributed by atoms with Gasteiger partial charge in [0.15, 0.2) is 0 Å². The topological polar surface area (TPSA) is 13.0 Å². The van der Waals surface area contributed by atoms with E-state index in [-0.39, 0.29) is 0 Å². The summed E-state index contributed by atoms with van der Waals surface area (Å²) in [5.41, 5.74) is 18.5. The summed E-state index contributed by atoms with van der Waals surface area (Å²) in [5, 5.41) is 0. The Kier molecular flexibility index (Phi) is 12.9. The Morgan fingerprint density at radius 3 is 0.824 bits per heavy atom. The minimum Gasteiger partial charge on any atom is -0.337 e. The van der Waals surface area contributed by atoms with Crippen molar-refractivity contribution >= 4 is 56.9 Å². The number of hydrogen-bond donors (Lipinski definition) is 0. The number of hydrogen-bond acceptors (Lipinski definition) is 4. The number of benzene rings is 10. The van der Waals surface area contributed by atoms with Crippen molar-refractivity contribution in [3.63, 3.8) is 0 Å². The molecule has 0 bridgehead atoms. The molecule has 0 aromatic heterocycles. The third-order valence-corrected chi connectivity index (χ3v) is 12.4. The zero-order valence-electron chi connectivity index (χ0n) is 38.6. The predicted molar refractivity (Wildman–Crippen MR) is 288 cm³/mol. The van der Waals surface area contributed by atoms with E-state index in [0.717, 1.165) is 70.0 Å². The highest BCUT2D eigenvalue weighted by Gasteiger charge is 2.18. The molecule has 4 nitrogen and oxygen atoms in total. The third-order valence-electron chi connectivity index (χ3n) is 12.4. The monoisotopic (exact) mass is 878 g/mol. The molecule has 330 valence electrons. The van der Waals surface area contributed by atoms with Gasteiger partial charge in [0, 0.05) is 70.0 Å². The summed E-state index contributed by atoms with van der Waals surface area (Å²) in [7, 11) is 0. The minimum absolute atomic E-state index is 0.739. The van der Waals surface area contributed by atoms with E-state index in [1.165, 1.54) is 33.4 Å². The summed E-state index contributed by atoms with van der Waals surface area (Å²) in [6, 6.07) is 95.9. The van der Waals surface area contributed by atoms with Crippen LogP contribution in [0.15, 0.2) is 267 Å². The lowest BCUT2D eigenvalue weighted by Gasteiger charge is -2.29. The zero-order chi connectivity index (χ0) is 46.1. The van der Waals surface area contributed by atoms with Crippen LogP contribution in [0.2, 0.25) is 0 Å². The molecule has 4 heteroatoms. The van der Waals surface area contributed by atoms with Gasteiger partial charge < -0.3 is 19.6 Å². The highest BCUT2D eigenvalue weighted by atomic mass is 15.2. The minimum atomic E-state index is 0.739. The Morgan fingerprint density at radius 1 is 0.235 bits per heavy atom. The fourth-order valence-electron chi connectivity index (χ4n) is 9.01. The van der Waals surface area contributed by atoms with Crippen molar-refractivity contribution in [3.05, 3.63) is 289 Å². The van der Waals surface area contributed by atoms with Crippen molar-refractivity contribution in [3.8, 4) is 11.1 Å². The maximum Gasteiger partial charge on any atom is 0.0481 e. The Hall–Kier alpha value is -8.60. The van der Waals surface area contributed by atoms with Gasteiger partial charge in [-0.3, -0.25) is 0 Å². The lowest BCUT2D eigenvalue weighted by Crippen LogP contribution is -2.17. The highest BCUT2D eigenvalue weighted by Crippen LogP contribution is 2.40. The van der Waals surface area contributed by atoms with Crippen LogP contribution in [0.3, 0.4) is 0 Å². The van der Waals surface area contributed by atoms with Gasteiger partial charge >= 0.3 is 0 Å². The second-order valence-corrected chi connectivity index (χ2v) is 17.3. The Bertz CT molecular complexity index is 2940. The Balaban J connectivity index is 0.929. The van der Waals surface area contributed by atoms with Gasteiger partial charge in [0.1, 0.15) is 0 Å². The molecule has 0 fully saturated rings. The van der Waals surface area contributed by atoms with Gasteiger partial charge in [-0.15, -0.1) is 0 Å². The second-order valence-electron chi connectivity index (χ2n) is 17.3. The van der Waals surface area contributed by atoms with E-state index in [1.54, 1.807) is 0 Å².